The van der Waals surface area contributed by atoms with Gasteiger partial charge in [-0.1, -0.05) is 30.3 Å². The van der Waals surface area contributed by atoms with Crippen molar-refractivity contribution in [3.63, 3.8) is 0 Å². The second-order valence-electron chi connectivity index (χ2n) is 6.05. The van der Waals surface area contributed by atoms with Crippen LogP contribution in [0.1, 0.15) is 24.5 Å². The molecule has 1 amide bonds. The molecular weight excluding hydrogens is 280 g/mol. The Morgan fingerprint density at radius 1 is 1.23 bits per heavy atom. The van der Waals surface area contributed by atoms with Crippen molar-refractivity contribution in [2.24, 2.45) is 0 Å². The zero-order valence-electron chi connectivity index (χ0n) is 12.9. The lowest BCUT2D eigenvalue weighted by Gasteiger charge is -2.36. The normalized spacial score (nSPS) is 24.4. The van der Waals surface area contributed by atoms with Crippen molar-refractivity contribution in [2.45, 2.75) is 25.0 Å². The Bertz CT molecular complexity index is 480. The van der Waals surface area contributed by atoms with Crippen molar-refractivity contribution >= 4 is 5.91 Å². The molecule has 1 aromatic carbocycles. The lowest BCUT2D eigenvalue weighted by molar-refractivity contribution is -0.142. The monoisotopic (exact) mass is 304 g/mol. The first-order valence-corrected chi connectivity index (χ1v) is 8.10. The number of benzene rings is 1. The van der Waals surface area contributed by atoms with Gasteiger partial charge in [0.15, 0.2) is 0 Å². The Morgan fingerprint density at radius 2 is 1.95 bits per heavy atom. The molecule has 0 bridgehead atoms. The van der Waals surface area contributed by atoms with Crippen molar-refractivity contribution in [2.75, 3.05) is 39.3 Å². The fourth-order valence-corrected chi connectivity index (χ4v) is 3.15. The molecule has 5 heteroatoms. The van der Waals surface area contributed by atoms with Crippen molar-refractivity contribution < 1.29 is 14.6 Å². The van der Waals surface area contributed by atoms with Crippen molar-refractivity contribution in [1.82, 2.24) is 9.80 Å². The van der Waals surface area contributed by atoms with Crippen molar-refractivity contribution in [3.8, 4) is 0 Å². The number of aliphatic hydroxyl groups is 1. The van der Waals surface area contributed by atoms with Crippen molar-refractivity contribution in [3.05, 3.63) is 35.9 Å². The second kappa shape index (κ2) is 7.22. The standard InChI is InChI=1S/C17H24N2O3/c20-15(14-5-2-1-3-6-14)13-18-8-10-19(11-9-18)17(21)16-7-4-12-22-16/h1-3,5-6,15-16,20H,4,7-13H2/t15-,16+/m0/s1. The minimum atomic E-state index is -0.471. The van der Waals surface area contributed by atoms with Gasteiger partial charge in [-0.2, -0.15) is 0 Å². The van der Waals surface area contributed by atoms with Gasteiger partial charge in [0.2, 0.25) is 0 Å². The minimum absolute atomic E-state index is 0.140. The number of hydrogen-bond donors (Lipinski definition) is 1. The molecule has 0 aliphatic carbocycles. The van der Waals surface area contributed by atoms with E-state index in [2.05, 4.69) is 4.90 Å². The smallest absolute Gasteiger partial charge is 0.251 e. The number of piperazine rings is 1. The Balaban J connectivity index is 1.46. The van der Waals surface area contributed by atoms with Gasteiger partial charge in [-0.3, -0.25) is 9.69 Å². The molecule has 0 aromatic heterocycles. The Labute approximate surface area is 131 Å². The summed E-state index contributed by atoms with van der Waals surface area (Å²) in [5.74, 6) is 0.140. The van der Waals surface area contributed by atoms with Crippen LogP contribution in [0.5, 0.6) is 0 Å². The fraction of sp³-hybridized carbons (Fsp3) is 0.588. The molecule has 5 nitrogen and oxygen atoms in total. The van der Waals surface area contributed by atoms with Crippen LogP contribution in [0.2, 0.25) is 0 Å². The Kier molecular flexibility index (Phi) is 5.08. The van der Waals surface area contributed by atoms with Gasteiger partial charge >= 0.3 is 0 Å². The molecule has 1 aromatic rings. The van der Waals surface area contributed by atoms with Gasteiger partial charge in [-0.15, -0.1) is 0 Å². The van der Waals surface area contributed by atoms with Crippen LogP contribution in [0, 0.1) is 0 Å². The first-order chi connectivity index (χ1) is 10.7. The number of hydrogen-bond acceptors (Lipinski definition) is 4. The third kappa shape index (κ3) is 3.66. The molecule has 120 valence electrons. The van der Waals surface area contributed by atoms with Crippen LogP contribution in [0.3, 0.4) is 0 Å². The van der Waals surface area contributed by atoms with Gasteiger partial charge in [0, 0.05) is 39.3 Å². The highest BCUT2D eigenvalue weighted by molar-refractivity contribution is 5.81. The first kappa shape index (κ1) is 15.5. The maximum absolute atomic E-state index is 12.3. The van der Waals surface area contributed by atoms with Gasteiger partial charge in [-0.05, 0) is 18.4 Å². The molecule has 3 rings (SSSR count). The molecule has 0 unspecified atom stereocenters. The van der Waals surface area contributed by atoms with Gasteiger partial charge in [-0.25, -0.2) is 0 Å². The average Bonchev–Trinajstić information content (AvgIpc) is 3.10. The lowest BCUT2D eigenvalue weighted by atomic mass is 10.1. The lowest BCUT2D eigenvalue weighted by Crippen LogP contribution is -2.52. The molecule has 0 saturated carbocycles. The van der Waals surface area contributed by atoms with E-state index in [1.165, 1.54) is 0 Å². The summed E-state index contributed by atoms with van der Waals surface area (Å²) in [5, 5.41) is 10.3. The molecule has 1 N–H and O–H groups in total. The van der Waals surface area contributed by atoms with E-state index in [4.69, 9.17) is 4.74 Å². The zero-order chi connectivity index (χ0) is 15.4. The number of nitrogens with zero attached hydrogens (tertiary/aromatic N) is 2. The number of amides is 1. The Morgan fingerprint density at radius 3 is 2.59 bits per heavy atom. The van der Waals surface area contributed by atoms with E-state index in [9.17, 15) is 9.90 Å². The SMILES string of the molecule is O=C([C@H]1CCCO1)N1CCN(C[C@H](O)c2ccccc2)CC1. The number of aliphatic hydroxyl groups excluding tert-OH is 1. The predicted octanol–water partition coefficient (Wildman–Crippen LogP) is 1.04. The molecule has 2 fully saturated rings. The Hall–Kier alpha value is -1.43. The number of carbonyl (C=O) groups excluding carboxylic acids is 1. The summed E-state index contributed by atoms with van der Waals surface area (Å²) in [6.45, 7) is 4.39. The second-order valence-corrected chi connectivity index (χ2v) is 6.05. The van der Waals surface area contributed by atoms with Crippen LogP contribution < -0.4 is 0 Å². The molecule has 22 heavy (non-hydrogen) atoms. The van der Waals surface area contributed by atoms with Crippen LogP contribution >= 0.6 is 0 Å². The molecule has 2 atom stereocenters. The van der Waals surface area contributed by atoms with Crippen LogP contribution in [-0.4, -0.2) is 66.2 Å². The highest BCUT2D eigenvalue weighted by Gasteiger charge is 2.30. The molecule has 2 aliphatic rings. The van der Waals surface area contributed by atoms with E-state index in [0.717, 1.165) is 44.6 Å². The van der Waals surface area contributed by atoms with Crippen molar-refractivity contribution in [1.29, 1.82) is 0 Å². The summed E-state index contributed by atoms with van der Waals surface area (Å²) in [4.78, 5) is 16.4. The summed E-state index contributed by atoms with van der Waals surface area (Å²) in [5.41, 5.74) is 0.945. The van der Waals surface area contributed by atoms with Crippen LogP contribution in [0.25, 0.3) is 0 Å². The van der Waals surface area contributed by atoms with Gasteiger partial charge in [0.1, 0.15) is 6.10 Å². The topological polar surface area (TPSA) is 53.0 Å². The third-order valence-electron chi connectivity index (χ3n) is 4.50. The first-order valence-electron chi connectivity index (χ1n) is 8.10. The number of rotatable bonds is 4. The highest BCUT2D eigenvalue weighted by atomic mass is 16.5. The summed E-state index contributed by atoms with van der Waals surface area (Å²) >= 11 is 0. The van der Waals surface area contributed by atoms with E-state index in [-0.39, 0.29) is 12.0 Å². The molecule has 0 radical (unpaired) electrons. The largest absolute Gasteiger partial charge is 0.387 e. The molecule has 0 spiro atoms. The maximum Gasteiger partial charge on any atom is 0.251 e. The van der Waals surface area contributed by atoms with Gasteiger partial charge < -0.3 is 14.7 Å². The van der Waals surface area contributed by atoms with Gasteiger partial charge in [0.25, 0.3) is 5.91 Å². The minimum Gasteiger partial charge on any atom is -0.387 e. The van der Waals surface area contributed by atoms with E-state index in [1.54, 1.807) is 0 Å². The quantitative estimate of drug-likeness (QED) is 0.903. The number of carbonyl (C=O) groups is 1. The predicted molar refractivity (Wildman–Crippen MR) is 83.4 cm³/mol. The third-order valence-corrected chi connectivity index (χ3v) is 4.50. The summed E-state index contributed by atoms with van der Waals surface area (Å²) in [6, 6.07) is 9.73. The summed E-state index contributed by atoms with van der Waals surface area (Å²) in [6.07, 6.45) is 1.15. The summed E-state index contributed by atoms with van der Waals surface area (Å²) in [7, 11) is 0. The van der Waals surface area contributed by atoms with E-state index in [0.29, 0.717) is 13.2 Å². The molecule has 2 saturated heterocycles. The van der Waals surface area contributed by atoms with Crippen LogP contribution in [-0.2, 0) is 9.53 Å². The zero-order valence-corrected chi connectivity index (χ0v) is 12.9. The number of β-amino-alcohol motifs (C(OH)–C–C–N with tert-alkyl or cyclic N) is 1. The number of ether oxygens (including phenoxy) is 1. The van der Waals surface area contributed by atoms with Crippen LogP contribution in [0.4, 0.5) is 0 Å². The fourth-order valence-electron chi connectivity index (χ4n) is 3.15. The average molecular weight is 304 g/mol. The van der Waals surface area contributed by atoms with E-state index in [1.807, 2.05) is 35.2 Å². The maximum atomic E-state index is 12.3. The van der Waals surface area contributed by atoms with E-state index >= 15 is 0 Å². The molecule has 2 aliphatic heterocycles. The van der Waals surface area contributed by atoms with E-state index < -0.39 is 6.10 Å². The highest BCUT2D eigenvalue weighted by Crippen LogP contribution is 2.18. The van der Waals surface area contributed by atoms with Crippen LogP contribution in [0.15, 0.2) is 30.3 Å². The molecule has 2 heterocycles. The summed E-state index contributed by atoms with van der Waals surface area (Å²) < 4.78 is 5.47. The molecular formula is C17H24N2O3. The van der Waals surface area contributed by atoms with Gasteiger partial charge in [0.05, 0.1) is 6.10 Å².